The van der Waals surface area contributed by atoms with Crippen molar-refractivity contribution in [2.75, 3.05) is 14.2 Å². The number of ether oxygens (including phenoxy) is 2. The number of aromatic amines is 2. The highest BCUT2D eigenvalue weighted by Gasteiger charge is 2.34. The fourth-order valence-electron chi connectivity index (χ4n) is 2.75. The van der Waals surface area contributed by atoms with Crippen molar-refractivity contribution >= 4 is 5.78 Å². The van der Waals surface area contributed by atoms with Crippen LogP contribution in [-0.4, -0.2) is 30.0 Å². The van der Waals surface area contributed by atoms with Gasteiger partial charge in [-0.2, -0.15) is 0 Å². The predicted molar refractivity (Wildman–Crippen MR) is 78.0 cm³/mol. The van der Waals surface area contributed by atoms with Gasteiger partial charge in [-0.25, -0.2) is 4.79 Å². The molecule has 114 valence electrons. The van der Waals surface area contributed by atoms with E-state index in [2.05, 4.69) is 9.97 Å². The molecule has 2 N–H and O–H groups in total. The van der Waals surface area contributed by atoms with Crippen molar-refractivity contribution in [3.05, 3.63) is 55.9 Å². The number of hydrogen-bond acceptors (Lipinski definition) is 5. The lowest BCUT2D eigenvalue weighted by molar-refractivity contribution is 0.0972. The van der Waals surface area contributed by atoms with Gasteiger partial charge in [-0.1, -0.05) is 0 Å². The molecule has 0 fully saturated rings. The molecule has 1 aromatic heterocycles. The predicted octanol–water partition coefficient (Wildman–Crippen LogP) is 0.603. The number of methoxy groups -OCH3 is 2. The van der Waals surface area contributed by atoms with Crippen LogP contribution in [0, 0.1) is 0 Å². The summed E-state index contributed by atoms with van der Waals surface area (Å²) < 4.78 is 10.4. The maximum Gasteiger partial charge on any atom is 0.325 e. The van der Waals surface area contributed by atoms with E-state index in [0.29, 0.717) is 23.5 Å². The zero-order valence-corrected chi connectivity index (χ0v) is 12.1. The first kappa shape index (κ1) is 14.1. The number of nitrogens with one attached hydrogen (secondary N) is 2. The Kier molecular flexibility index (Phi) is 3.32. The standard InChI is InChI=1S/C15H14N2O5/c1-21-11-4-7-3-9(10-6-16-15(20)17-14(10)19)13(18)8(7)5-12(11)22-2/h4-6,9H,3H2,1-2H3,(H2,16,17,19,20). The van der Waals surface area contributed by atoms with Gasteiger partial charge in [0, 0.05) is 17.3 Å². The van der Waals surface area contributed by atoms with Gasteiger partial charge in [-0.3, -0.25) is 14.6 Å². The lowest BCUT2D eigenvalue weighted by Gasteiger charge is -2.09. The molecule has 0 spiro atoms. The molecular formula is C15H14N2O5. The topological polar surface area (TPSA) is 101 Å². The quantitative estimate of drug-likeness (QED) is 0.864. The highest BCUT2D eigenvalue weighted by molar-refractivity contribution is 6.05. The maximum absolute atomic E-state index is 12.6. The summed E-state index contributed by atoms with van der Waals surface area (Å²) in [6.07, 6.45) is 1.67. The first-order chi connectivity index (χ1) is 10.5. The van der Waals surface area contributed by atoms with Crippen molar-refractivity contribution in [3.63, 3.8) is 0 Å². The Balaban J connectivity index is 2.07. The molecule has 0 amide bonds. The third-order valence-corrected chi connectivity index (χ3v) is 3.84. The van der Waals surface area contributed by atoms with Gasteiger partial charge < -0.3 is 14.5 Å². The minimum atomic E-state index is -0.618. The largest absolute Gasteiger partial charge is 0.493 e. The summed E-state index contributed by atoms with van der Waals surface area (Å²) in [7, 11) is 3.01. The molecule has 1 atom stereocenters. The molecule has 0 radical (unpaired) electrons. The minimum Gasteiger partial charge on any atom is -0.493 e. The van der Waals surface area contributed by atoms with Gasteiger partial charge in [-0.15, -0.1) is 0 Å². The Morgan fingerprint density at radius 1 is 1.09 bits per heavy atom. The number of aromatic nitrogens is 2. The van der Waals surface area contributed by atoms with Crippen molar-refractivity contribution in [3.8, 4) is 11.5 Å². The molecule has 0 aliphatic heterocycles. The lowest BCUT2D eigenvalue weighted by atomic mass is 9.98. The van der Waals surface area contributed by atoms with Crippen LogP contribution in [0.25, 0.3) is 0 Å². The van der Waals surface area contributed by atoms with E-state index in [4.69, 9.17) is 9.47 Å². The summed E-state index contributed by atoms with van der Waals surface area (Å²) in [5.41, 5.74) is 0.402. The van der Waals surface area contributed by atoms with Gasteiger partial charge in [0.1, 0.15) is 0 Å². The Morgan fingerprint density at radius 3 is 2.41 bits per heavy atom. The Labute approximate surface area is 124 Å². The molecule has 1 heterocycles. The number of H-pyrrole nitrogens is 2. The number of Topliss-reactive ketones (excluding diaryl/α,β-unsaturated/α-hetero) is 1. The lowest BCUT2D eigenvalue weighted by Crippen LogP contribution is -2.27. The SMILES string of the molecule is COc1cc2c(cc1OC)C(=O)C(c1c[nH]c(=O)[nH]c1=O)C2. The number of ketones is 1. The highest BCUT2D eigenvalue weighted by Crippen LogP contribution is 2.39. The fourth-order valence-corrected chi connectivity index (χ4v) is 2.75. The molecule has 2 aromatic rings. The molecule has 7 heteroatoms. The van der Waals surface area contributed by atoms with Crippen LogP contribution in [0.15, 0.2) is 27.9 Å². The number of hydrogen-bond donors (Lipinski definition) is 2. The minimum absolute atomic E-state index is 0.173. The molecule has 1 unspecified atom stereocenters. The van der Waals surface area contributed by atoms with Gasteiger partial charge in [0.25, 0.3) is 5.56 Å². The van der Waals surface area contributed by atoms with Crippen LogP contribution in [0.2, 0.25) is 0 Å². The maximum atomic E-state index is 12.6. The summed E-state index contributed by atoms with van der Waals surface area (Å²) in [5, 5.41) is 0. The second kappa shape index (κ2) is 5.18. The molecule has 1 aliphatic rings. The van der Waals surface area contributed by atoms with Crippen molar-refractivity contribution in [2.45, 2.75) is 12.3 Å². The van der Waals surface area contributed by atoms with Gasteiger partial charge in [-0.05, 0) is 24.1 Å². The van der Waals surface area contributed by atoms with Crippen LogP contribution in [-0.2, 0) is 6.42 Å². The van der Waals surface area contributed by atoms with E-state index in [-0.39, 0.29) is 11.3 Å². The molecule has 0 bridgehead atoms. The number of benzene rings is 1. The molecule has 22 heavy (non-hydrogen) atoms. The second-order valence-corrected chi connectivity index (χ2v) is 5.01. The van der Waals surface area contributed by atoms with Gasteiger partial charge in [0.05, 0.1) is 20.1 Å². The van der Waals surface area contributed by atoms with Crippen LogP contribution < -0.4 is 20.7 Å². The van der Waals surface area contributed by atoms with Crippen LogP contribution >= 0.6 is 0 Å². The first-order valence-corrected chi connectivity index (χ1v) is 6.66. The Bertz CT molecular complexity index is 865. The summed E-state index contributed by atoms with van der Waals surface area (Å²) in [5.74, 6) is 0.205. The van der Waals surface area contributed by atoms with Crippen LogP contribution in [0.3, 0.4) is 0 Å². The smallest absolute Gasteiger partial charge is 0.325 e. The molecule has 0 saturated carbocycles. The third kappa shape index (κ3) is 2.11. The van der Waals surface area contributed by atoms with Crippen LogP contribution in [0.5, 0.6) is 11.5 Å². The van der Waals surface area contributed by atoms with E-state index in [1.54, 1.807) is 12.1 Å². The summed E-state index contributed by atoms with van der Waals surface area (Å²) in [4.78, 5) is 40.1. The number of rotatable bonds is 3. The van der Waals surface area contributed by atoms with Crippen molar-refractivity contribution in [2.24, 2.45) is 0 Å². The Hall–Kier alpha value is -2.83. The molecule has 3 rings (SSSR count). The number of fused-ring (bicyclic) bond motifs is 1. The Morgan fingerprint density at radius 2 is 1.77 bits per heavy atom. The number of carbonyl (C=O) groups excluding carboxylic acids is 1. The zero-order chi connectivity index (χ0) is 15.9. The average molecular weight is 302 g/mol. The van der Waals surface area contributed by atoms with E-state index >= 15 is 0 Å². The normalized spacial score (nSPS) is 16.5. The van der Waals surface area contributed by atoms with Crippen molar-refractivity contribution in [1.82, 2.24) is 9.97 Å². The first-order valence-electron chi connectivity index (χ1n) is 6.66. The molecule has 7 nitrogen and oxygen atoms in total. The second-order valence-electron chi connectivity index (χ2n) is 5.01. The van der Waals surface area contributed by atoms with Gasteiger partial charge >= 0.3 is 5.69 Å². The molecule has 1 aliphatic carbocycles. The van der Waals surface area contributed by atoms with Gasteiger partial charge in [0.2, 0.25) is 0 Å². The average Bonchev–Trinajstić information content (AvgIpc) is 2.82. The van der Waals surface area contributed by atoms with E-state index in [0.717, 1.165) is 5.56 Å². The van der Waals surface area contributed by atoms with E-state index in [1.165, 1.54) is 20.4 Å². The van der Waals surface area contributed by atoms with Crippen molar-refractivity contribution in [1.29, 1.82) is 0 Å². The molecule has 0 saturated heterocycles. The van der Waals surface area contributed by atoms with Crippen LogP contribution in [0.1, 0.15) is 27.4 Å². The monoisotopic (exact) mass is 302 g/mol. The summed E-state index contributed by atoms with van der Waals surface area (Å²) >= 11 is 0. The molecular weight excluding hydrogens is 288 g/mol. The summed E-state index contributed by atoms with van der Waals surface area (Å²) in [6.45, 7) is 0. The van der Waals surface area contributed by atoms with Crippen molar-refractivity contribution < 1.29 is 14.3 Å². The van der Waals surface area contributed by atoms with Crippen LogP contribution in [0.4, 0.5) is 0 Å². The summed E-state index contributed by atoms with van der Waals surface area (Å²) in [6, 6.07) is 3.36. The highest BCUT2D eigenvalue weighted by atomic mass is 16.5. The number of carbonyl (C=O) groups is 1. The van der Waals surface area contributed by atoms with E-state index < -0.39 is 17.2 Å². The third-order valence-electron chi connectivity index (χ3n) is 3.84. The fraction of sp³-hybridized carbons (Fsp3) is 0.267. The van der Waals surface area contributed by atoms with Gasteiger partial charge in [0.15, 0.2) is 17.3 Å². The zero-order valence-electron chi connectivity index (χ0n) is 12.1. The molecule has 1 aromatic carbocycles. The van der Waals surface area contributed by atoms with E-state index in [9.17, 15) is 14.4 Å². The van der Waals surface area contributed by atoms with E-state index in [1.807, 2.05) is 0 Å².